The number of aromatic nitrogens is 2. The molecule has 1 rings (SSSR count). The first-order valence-electron chi connectivity index (χ1n) is 3.87. The second-order valence-corrected chi connectivity index (χ2v) is 3.59. The van der Waals surface area contributed by atoms with Crippen LogP contribution >= 0.6 is 0 Å². The Morgan fingerprint density at radius 1 is 1.25 bits per heavy atom. The molecule has 0 radical (unpaired) electrons. The maximum absolute atomic E-state index is 4.05. The van der Waals surface area contributed by atoms with Gasteiger partial charge in [0.25, 0.3) is 0 Å². The van der Waals surface area contributed by atoms with E-state index in [4.69, 9.17) is 0 Å². The first-order valence-corrected chi connectivity index (χ1v) is 3.87. The smallest absolute Gasteiger partial charge is 0.131 e. The molecule has 12 heavy (non-hydrogen) atoms. The quantitative estimate of drug-likeness (QED) is 0.541. The standard InChI is InChI=1S/C10H12N2/c1-10(2,3)5-4-9-8-11-6-7-12-9/h6-8H,1-3H3. The lowest BCUT2D eigenvalue weighted by Crippen LogP contribution is -1.99. The molecule has 62 valence electrons. The molecule has 0 unspecified atom stereocenters. The van der Waals surface area contributed by atoms with Crippen LogP contribution in [0.2, 0.25) is 0 Å². The van der Waals surface area contributed by atoms with E-state index in [0.29, 0.717) is 0 Å². The van der Waals surface area contributed by atoms with Crippen LogP contribution in [0.25, 0.3) is 0 Å². The van der Waals surface area contributed by atoms with Gasteiger partial charge in [-0.15, -0.1) is 0 Å². The molecule has 0 saturated heterocycles. The molecule has 2 nitrogen and oxygen atoms in total. The van der Waals surface area contributed by atoms with Crippen molar-refractivity contribution in [3.63, 3.8) is 0 Å². The van der Waals surface area contributed by atoms with Crippen molar-refractivity contribution >= 4 is 0 Å². The summed E-state index contributed by atoms with van der Waals surface area (Å²) in [6, 6.07) is 0. The molecule has 0 aliphatic carbocycles. The molecule has 0 amide bonds. The molecule has 1 aromatic heterocycles. The Labute approximate surface area is 73.1 Å². The fourth-order valence-electron chi connectivity index (χ4n) is 0.615. The third kappa shape index (κ3) is 3.16. The van der Waals surface area contributed by atoms with E-state index >= 15 is 0 Å². The van der Waals surface area contributed by atoms with Gasteiger partial charge in [0, 0.05) is 17.8 Å². The van der Waals surface area contributed by atoms with E-state index in [2.05, 4.69) is 42.6 Å². The van der Waals surface area contributed by atoms with E-state index in [-0.39, 0.29) is 5.41 Å². The average molecular weight is 160 g/mol. The van der Waals surface area contributed by atoms with Crippen molar-refractivity contribution < 1.29 is 0 Å². The lowest BCUT2D eigenvalue weighted by atomic mass is 9.98. The first-order chi connectivity index (χ1) is 5.58. The minimum atomic E-state index is 0.0253. The topological polar surface area (TPSA) is 25.8 Å². The number of hydrogen-bond acceptors (Lipinski definition) is 2. The Morgan fingerprint density at radius 2 is 2.00 bits per heavy atom. The summed E-state index contributed by atoms with van der Waals surface area (Å²) in [7, 11) is 0. The van der Waals surface area contributed by atoms with Crippen LogP contribution in [0.3, 0.4) is 0 Å². The molecule has 0 aliphatic rings. The monoisotopic (exact) mass is 160 g/mol. The molecule has 0 fully saturated rings. The van der Waals surface area contributed by atoms with Gasteiger partial charge in [-0.2, -0.15) is 0 Å². The third-order valence-corrected chi connectivity index (χ3v) is 1.13. The van der Waals surface area contributed by atoms with Gasteiger partial charge in [0.1, 0.15) is 5.69 Å². The molecular weight excluding hydrogens is 148 g/mol. The highest BCUT2D eigenvalue weighted by molar-refractivity contribution is 5.26. The van der Waals surface area contributed by atoms with Crippen LogP contribution in [-0.2, 0) is 0 Å². The van der Waals surface area contributed by atoms with Crippen LogP contribution in [0.5, 0.6) is 0 Å². The summed E-state index contributed by atoms with van der Waals surface area (Å²) in [6.45, 7) is 6.20. The highest BCUT2D eigenvalue weighted by atomic mass is 14.7. The van der Waals surface area contributed by atoms with E-state index in [1.54, 1.807) is 18.6 Å². The Bertz CT molecular complexity index is 298. The van der Waals surface area contributed by atoms with Crippen LogP contribution in [0.1, 0.15) is 26.5 Å². The van der Waals surface area contributed by atoms with Crippen molar-refractivity contribution in [2.75, 3.05) is 0 Å². The predicted octanol–water partition coefficient (Wildman–Crippen LogP) is 1.87. The molecule has 0 saturated carbocycles. The summed E-state index contributed by atoms with van der Waals surface area (Å²) in [5.74, 6) is 6.05. The van der Waals surface area contributed by atoms with Gasteiger partial charge in [-0.3, -0.25) is 4.98 Å². The summed E-state index contributed by atoms with van der Waals surface area (Å²) in [4.78, 5) is 7.97. The van der Waals surface area contributed by atoms with Crippen molar-refractivity contribution in [1.82, 2.24) is 9.97 Å². The average Bonchev–Trinajstić information content (AvgIpc) is 2.02. The van der Waals surface area contributed by atoms with Gasteiger partial charge in [0.15, 0.2) is 0 Å². The van der Waals surface area contributed by atoms with Gasteiger partial charge in [0.05, 0.1) is 6.20 Å². The Balaban J connectivity index is 2.81. The molecule has 1 aromatic rings. The summed E-state index contributed by atoms with van der Waals surface area (Å²) < 4.78 is 0. The Morgan fingerprint density at radius 3 is 2.50 bits per heavy atom. The van der Waals surface area contributed by atoms with Gasteiger partial charge in [0.2, 0.25) is 0 Å². The molecule has 0 bridgehead atoms. The van der Waals surface area contributed by atoms with Gasteiger partial charge in [-0.25, -0.2) is 4.98 Å². The second kappa shape index (κ2) is 3.36. The van der Waals surface area contributed by atoms with Crippen molar-refractivity contribution in [1.29, 1.82) is 0 Å². The summed E-state index contributed by atoms with van der Waals surface area (Å²) in [5, 5.41) is 0. The van der Waals surface area contributed by atoms with Gasteiger partial charge < -0.3 is 0 Å². The number of rotatable bonds is 0. The SMILES string of the molecule is CC(C)(C)C#Cc1cnccn1. The maximum Gasteiger partial charge on any atom is 0.131 e. The minimum Gasteiger partial charge on any atom is -0.260 e. The summed E-state index contributed by atoms with van der Waals surface area (Å²) in [6.07, 6.45) is 4.95. The normalized spacial score (nSPS) is 10.2. The Hall–Kier alpha value is -1.36. The van der Waals surface area contributed by atoms with Crippen LogP contribution in [0, 0.1) is 17.3 Å². The molecule has 0 aromatic carbocycles. The lowest BCUT2D eigenvalue weighted by Gasteiger charge is -2.06. The fourth-order valence-corrected chi connectivity index (χ4v) is 0.615. The Kier molecular flexibility index (Phi) is 2.44. The third-order valence-electron chi connectivity index (χ3n) is 1.13. The zero-order chi connectivity index (χ0) is 9.03. The van der Waals surface area contributed by atoms with Crippen molar-refractivity contribution in [3.05, 3.63) is 24.3 Å². The highest BCUT2D eigenvalue weighted by Gasteiger charge is 2.03. The summed E-state index contributed by atoms with van der Waals surface area (Å²) >= 11 is 0. The first kappa shape index (κ1) is 8.73. The number of hydrogen-bond donors (Lipinski definition) is 0. The van der Waals surface area contributed by atoms with E-state index in [1.165, 1.54) is 0 Å². The van der Waals surface area contributed by atoms with Crippen LogP contribution in [0.4, 0.5) is 0 Å². The van der Waals surface area contributed by atoms with Crippen molar-refractivity contribution in [3.8, 4) is 11.8 Å². The van der Waals surface area contributed by atoms with Gasteiger partial charge >= 0.3 is 0 Å². The maximum atomic E-state index is 4.05. The predicted molar refractivity (Wildman–Crippen MR) is 48.4 cm³/mol. The van der Waals surface area contributed by atoms with Crippen LogP contribution in [0.15, 0.2) is 18.6 Å². The van der Waals surface area contributed by atoms with Crippen molar-refractivity contribution in [2.24, 2.45) is 5.41 Å². The zero-order valence-corrected chi connectivity index (χ0v) is 7.63. The van der Waals surface area contributed by atoms with E-state index in [1.807, 2.05) is 0 Å². The molecule has 0 aliphatic heterocycles. The fraction of sp³-hybridized carbons (Fsp3) is 0.400. The van der Waals surface area contributed by atoms with Crippen molar-refractivity contribution in [2.45, 2.75) is 20.8 Å². The highest BCUT2D eigenvalue weighted by Crippen LogP contribution is 2.09. The molecular formula is C10H12N2. The second-order valence-electron chi connectivity index (χ2n) is 3.59. The molecule has 0 atom stereocenters. The van der Waals surface area contributed by atoms with Crippen LogP contribution < -0.4 is 0 Å². The van der Waals surface area contributed by atoms with E-state index < -0.39 is 0 Å². The number of nitrogens with zero attached hydrogens (tertiary/aromatic N) is 2. The molecule has 0 N–H and O–H groups in total. The molecule has 0 spiro atoms. The minimum absolute atomic E-state index is 0.0253. The largest absolute Gasteiger partial charge is 0.260 e. The van der Waals surface area contributed by atoms with E-state index in [9.17, 15) is 0 Å². The molecule has 1 heterocycles. The van der Waals surface area contributed by atoms with Gasteiger partial charge in [-0.1, -0.05) is 5.92 Å². The van der Waals surface area contributed by atoms with Crippen LogP contribution in [-0.4, -0.2) is 9.97 Å². The van der Waals surface area contributed by atoms with E-state index in [0.717, 1.165) is 5.69 Å². The zero-order valence-electron chi connectivity index (χ0n) is 7.63. The lowest BCUT2D eigenvalue weighted by molar-refractivity contribution is 0.571. The molecule has 2 heteroatoms. The summed E-state index contributed by atoms with van der Waals surface area (Å²) in [5.41, 5.74) is 0.754. The van der Waals surface area contributed by atoms with Gasteiger partial charge in [-0.05, 0) is 26.7 Å².